The van der Waals surface area contributed by atoms with Crippen LogP contribution in [-0.2, 0) is 15.6 Å². The predicted octanol–water partition coefficient (Wildman–Crippen LogP) is 3.71. The minimum absolute atomic E-state index is 0.0962. The summed E-state index contributed by atoms with van der Waals surface area (Å²) >= 11 is 5.91. The number of H-pyrrole nitrogens is 1. The molecule has 1 aliphatic rings. The molecular weight excluding hydrogens is 443 g/mol. The number of aromatic amines is 1. The van der Waals surface area contributed by atoms with Crippen molar-refractivity contribution < 1.29 is 18.7 Å². The molecule has 0 amide bonds. The third-order valence-electron chi connectivity index (χ3n) is 5.36. The van der Waals surface area contributed by atoms with E-state index in [1.807, 2.05) is 4.57 Å². The molecule has 11 heteroatoms. The fraction of sp³-hybridized carbons (Fsp3) is 0.450. The van der Waals surface area contributed by atoms with Crippen molar-refractivity contribution >= 4 is 30.4 Å². The fourth-order valence-corrected chi connectivity index (χ4v) is 4.91. The third-order valence-corrected chi connectivity index (χ3v) is 6.30. The molecule has 1 aromatic carbocycles. The average Bonchev–Trinajstić information content (AvgIpc) is 3.09. The molecular formula is C20H24ClN4O5P. The van der Waals surface area contributed by atoms with Crippen LogP contribution in [0.15, 0.2) is 35.4 Å². The van der Waals surface area contributed by atoms with Crippen molar-refractivity contribution in [3.8, 4) is 5.75 Å². The second kappa shape index (κ2) is 9.12. The molecule has 1 unspecified atom stereocenters. The molecule has 9 nitrogen and oxygen atoms in total. The van der Waals surface area contributed by atoms with Crippen LogP contribution < -0.4 is 10.3 Å². The number of rotatable bonds is 7. The lowest BCUT2D eigenvalue weighted by atomic mass is 9.87. The fourth-order valence-electron chi connectivity index (χ4n) is 4.02. The molecule has 1 saturated carbocycles. The standard InChI is InChI=1S/C20H24ClN4O5P/c1-31(27,28)30-16-6-2-13(3-7-16)19-24-18-17(20(26)23-12-22-18)25(19)10-11-29-15-8-4-14(21)5-9-15/h4-5,8-9,12-13,16H,2-3,6-7,10-11H2,1H3,(H,27,28)(H,22,23,26)/t13-,16-. The van der Waals surface area contributed by atoms with E-state index in [4.69, 9.17) is 20.9 Å². The molecule has 166 valence electrons. The van der Waals surface area contributed by atoms with E-state index in [1.165, 1.54) is 13.0 Å². The molecule has 0 spiro atoms. The molecule has 2 aromatic heterocycles. The van der Waals surface area contributed by atoms with Gasteiger partial charge in [-0.3, -0.25) is 9.36 Å². The minimum Gasteiger partial charge on any atom is -0.492 e. The van der Waals surface area contributed by atoms with Gasteiger partial charge in [0.1, 0.15) is 18.2 Å². The second-order valence-electron chi connectivity index (χ2n) is 7.71. The summed E-state index contributed by atoms with van der Waals surface area (Å²) in [7, 11) is -3.51. The molecule has 0 aliphatic heterocycles. The van der Waals surface area contributed by atoms with E-state index in [0.29, 0.717) is 47.9 Å². The molecule has 0 bridgehead atoms. The number of nitrogens with one attached hydrogen (secondary N) is 1. The molecule has 4 rings (SSSR count). The SMILES string of the molecule is CP(=O)(O)O[C@H]1CC[C@H](c2nc3nc[nH]c(=O)c3n2CCOc2ccc(Cl)cc2)CC1. The summed E-state index contributed by atoms with van der Waals surface area (Å²) in [6.45, 7) is 1.98. The molecule has 1 aliphatic carbocycles. The summed E-state index contributed by atoms with van der Waals surface area (Å²) in [5, 5.41) is 0.632. The van der Waals surface area contributed by atoms with Gasteiger partial charge in [-0.1, -0.05) is 11.6 Å². The van der Waals surface area contributed by atoms with Crippen LogP contribution in [0.2, 0.25) is 5.02 Å². The molecule has 2 heterocycles. The molecule has 3 aromatic rings. The van der Waals surface area contributed by atoms with Crippen LogP contribution in [-0.4, -0.2) is 43.8 Å². The lowest BCUT2D eigenvalue weighted by molar-refractivity contribution is 0.128. The van der Waals surface area contributed by atoms with Gasteiger partial charge in [-0.15, -0.1) is 0 Å². The number of imidazole rings is 1. The van der Waals surface area contributed by atoms with Crippen molar-refractivity contribution in [2.75, 3.05) is 13.3 Å². The lowest BCUT2D eigenvalue weighted by Gasteiger charge is -2.29. The van der Waals surface area contributed by atoms with Crippen LogP contribution in [0.3, 0.4) is 0 Å². The van der Waals surface area contributed by atoms with Crippen LogP contribution in [0.5, 0.6) is 5.75 Å². The number of aromatic nitrogens is 4. The van der Waals surface area contributed by atoms with Gasteiger partial charge in [0.2, 0.25) is 0 Å². The minimum atomic E-state index is -3.51. The number of halogens is 1. The van der Waals surface area contributed by atoms with Gasteiger partial charge in [-0.25, -0.2) is 9.97 Å². The van der Waals surface area contributed by atoms with Crippen LogP contribution >= 0.6 is 19.2 Å². The van der Waals surface area contributed by atoms with Gasteiger partial charge in [-0.2, -0.15) is 0 Å². The van der Waals surface area contributed by atoms with Gasteiger partial charge < -0.3 is 23.7 Å². The third kappa shape index (κ3) is 5.36. The highest BCUT2D eigenvalue weighted by Gasteiger charge is 2.30. The number of nitrogens with zero attached hydrogens (tertiary/aromatic N) is 3. The van der Waals surface area contributed by atoms with E-state index < -0.39 is 7.60 Å². The Bertz CT molecular complexity index is 1150. The Labute approximate surface area is 183 Å². The Morgan fingerprint density at radius 1 is 1.26 bits per heavy atom. The first-order valence-corrected chi connectivity index (χ1v) is 12.5. The van der Waals surface area contributed by atoms with E-state index in [-0.39, 0.29) is 17.6 Å². The molecule has 0 saturated heterocycles. The van der Waals surface area contributed by atoms with E-state index in [0.717, 1.165) is 18.7 Å². The highest BCUT2D eigenvalue weighted by molar-refractivity contribution is 7.51. The number of hydrogen-bond donors (Lipinski definition) is 2. The number of hydrogen-bond acceptors (Lipinski definition) is 6. The number of fused-ring (bicyclic) bond motifs is 1. The van der Waals surface area contributed by atoms with Crippen molar-refractivity contribution in [3.63, 3.8) is 0 Å². The van der Waals surface area contributed by atoms with Crippen LogP contribution in [0.1, 0.15) is 37.4 Å². The van der Waals surface area contributed by atoms with Gasteiger partial charge in [0.15, 0.2) is 11.2 Å². The Kier molecular flexibility index (Phi) is 6.48. The second-order valence-corrected chi connectivity index (χ2v) is 9.96. The summed E-state index contributed by atoms with van der Waals surface area (Å²) < 4.78 is 24.5. The van der Waals surface area contributed by atoms with E-state index in [1.54, 1.807) is 24.3 Å². The van der Waals surface area contributed by atoms with Crippen molar-refractivity contribution in [2.24, 2.45) is 0 Å². The highest BCUT2D eigenvalue weighted by atomic mass is 35.5. The zero-order valence-electron chi connectivity index (χ0n) is 17.0. The molecule has 2 N–H and O–H groups in total. The normalized spacial score (nSPS) is 21.1. The van der Waals surface area contributed by atoms with Crippen LogP contribution in [0.25, 0.3) is 11.2 Å². The van der Waals surface area contributed by atoms with Crippen molar-refractivity contribution in [1.29, 1.82) is 0 Å². The van der Waals surface area contributed by atoms with Gasteiger partial charge in [0.25, 0.3) is 5.56 Å². The maximum atomic E-state index is 12.5. The monoisotopic (exact) mass is 466 g/mol. The molecule has 31 heavy (non-hydrogen) atoms. The zero-order chi connectivity index (χ0) is 22.0. The van der Waals surface area contributed by atoms with Gasteiger partial charge in [0, 0.05) is 17.6 Å². The predicted molar refractivity (Wildman–Crippen MR) is 117 cm³/mol. The quantitative estimate of drug-likeness (QED) is 0.509. The van der Waals surface area contributed by atoms with E-state index >= 15 is 0 Å². The first kappa shape index (κ1) is 22.0. The van der Waals surface area contributed by atoms with Gasteiger partial charge >= 0.3 is 7.60 Å². The summed E-state index contributed by atoms with van der Waals surface area (Å²) in [6.07, 6.45) is 3.88. The Hall–Kier alpha value is -2.19. The smallest absolute Gasteiger partial charge is 0.325 e. The molecule has 1 fully saturated rings. The maximum Gasteiger partial charge on any atom is 0.325 e. The number of benzene rings is 1. The topological polar surface area (TPSA) is 119 Å². The van der Waals surface area contributed by atoms with Gasteiger partial charge in [-0.05, 0) is 49.9 Å². The number of ether oxygens (including phenoxy) is 1. The maximum absolute atomic E-state index is 12.5. The van der Waals surface area contributed by atoms with Crippen molar-refractivity contribution in [2.45, 2.75) is 44.2 Å². The summed E-state index contributed by atoms with van der Waals surface area (Å²) in [6, 6.07) is 7.09. The van der Waals surface area contributed by atoms with Gasteiger partial charge in [0.05, 0.1) is 19.0 Å². The molecule has 1 atom stereocenters. The largest absolute Gasteiger partial charge is 0.492 e. The Morgan fingerprint density at radius 2 is 1.97 bits per heavy atom. The Balaban J connectivity index is 1.53. The lowest BCUT2D eigenvalue weighted by Crippen LogP contribution is -2.23. The Morgan fingerprint density at radius 3 is 2.65 bits per heavy atom. The first-order chi connectivity index (χ1) is 14.8. The first-order valence-electron chi connectivity index (χ1n) is 10.1. The summed E-state index contributed by atoms with van der Waals surface area (Å²) in [5.41, 5.74) is 0.570. The zero-order valence-corrected chi connectivity index (χ0v) is 18.7. The van der Waals surface area contributed by atoms with Crippen LogP contribution in [0.4, 0.5) is 0 Å². The molecule has 0 radical (unpaired) electrons. The van der Waals surface area contributed by atoms with Crippen LogP contribution in [0, 0.1) is 0 Å². The van der Waals surface area contributed by atoms with E-state index in [9.17, 15) is 14.3 Å². The van der Waals surface area contributed by atoms with E-state index in [2.05, 4.69) is 15.0 Å². The summed E-state index contributed by atoms with van der Waals surface area (Å²) in [4.78, 5) is 33.4. The highest BCUT2D eigenvalue weighted by Crippen LogP contribution is 2.43. The van der Waals surface area contributed by atoms with Crippen molar-refractivity contribution in [3.05, 3.63) is 51.8 Å². The summed E-state index contributed by atoms with van der Waals surface area (Å²) in [5.74, 6) is 1.56. The average molecular weight is 467 g/mol. The van der Waals surface area contributed by atoms with Crippen molar-refractivity contribution in [1.82, 2.24) is 19.5 Å².